The van der Waals surface area contributed by atoms with Gasteiger partial charge in [0.25, 0.3) is 0 Å². The lowest BCUT2D eigenvalue weighted by atomic mass is 10.00. The first kappa shape index (κ1) is 12.6. The molecule has 1 saturated heterocycles. The van der Waals surface area contributed by atoms with Gasteiger partial charge >= 0.3 is 0 Å². The normalized spacial score (nSPS) is 17.4. The van der Waals surface area contributed by atoms with Crippen LogP contribution in [0.3, 0.4) is 0 Å². The fourth-order valence-electron chi connectivity index (χ4n) is 2.40. The molecule has 1 aliphatic rings. The number of hydrazine groups is 1. The lowest BCUT2D eigenvalue weighted by Gasteiger charge is -2.28. The Bertz CT molecular complexity index is 361. The maximum Gasteiger partial charge on any atom is 0.0608 e. The smallest absolute Gasteiger partial charge is 0.0608 e. The van der Waals surface area contributed by atoms with Crippen LogP contribution < -0.4 is 5.43 Å². The van der Waals surface area contributed by atoms with E-state index in [1.165, 1.54) is 22.3 Å². The third-order valence-corrected chi connectivity index (χ3v) is 3.33. The van der Waals surface area contributed by atoms with Crippen LogP contribution >= 0.6 is 0 Å². The molecule has 0 aliphatic carbocycles. The van der Waals surface area contributed by atoms with Gasteiger partial charge < -0.3 is 4.74 Å². The van der Waals surface area contributed by atoms with Gasteiger partial charge in [0.1, 0.15) is 0 Å². The Morgan fingerprint density at radius 2 is 1.71 bits per heavy atom. The molecule has 1 heterocycles. The summed E-state index contributed by atoms with van der Waals surface area (Å²) in [6, 6.07) is 4.51. The van der Waals surface area contributed by atoms with Gasteiger partial charge in [0.05, 0.1) is 13.2 Å². The van der Waals surface area contributed by atoms with Crippen LogP contribution in [0.4, 0.5) is 0 Å². The molecule has 94 valence electrons. The van der Waals surface area contributed by atoms with E-state index in [1.54, 1.807) is 0 Å². The number of rotatable bonds is 3. The molecule has 17 heavy (non-hydrogen) atoms. The van der Waals surface area contributed by atoms with Gasteiger partial charge in [-0.15, -0.1) is 0 Å². The zero-order valence-electron chi connectivity index (χ0n) is 11.0. The molecule has 1 aliphatic heterocycles. The van der Waals surface area contributed by atoms with Gasteiger partial charge in [-0.05, 0) is 37.5 Å². The van der Waals surface area contributed by atoms with Gasteiger partial charge in [-0.2, -0.15) is 0 Å². The van der Waals surface area contributed by atoms with Gasteiger partial charge in [0.2, 0.25) is 0 Å². The molecule has 1 aromatic carbocycles. The van der Waals surface area contributed by atoms with Crippen LogP contribution in [0.2, 0.25) is 0 Å². The van der Waals surface area contributed by atoms with Gasteiger partial charge in [0, 0.05) is 19.6 Å². The first-order valence-electron chi connectivity index (χ1n) is 6.30. The summed E-state index contributed by atoms with van der Waals surface area (Å²) in [4.78, 5) is 0. The number of ether oxygens (including phenoxy) is 1. The van der Waals surface area contributed by atoms with Crippen molar-refractivity contribution in [2.75, 3.05) is 26.3 Å². The zero-order valence-corrected chi connectivity index (χ0v) is 11.0. The molecule has 0 unspecified atom stereocenters. The third-order valence-electron chi connectivity index (χ3n) is 3.33. The number of nitrogens with zero attached hydrogens (tertiary/aromatic N) is 1. The summed E-state index contributed by atoms with van der Waals surface area (Å²) in [6.07, 6.45) is 0. The van der Waals surface area contributed by atoms with Crippen LogP contribution in [0.1, 0.15) is 22.3 Å². The molecule has 0 radical (unpaired) electrons. The van der Waals surface area contributed by atoms with Crippen LogP contribution in [0.25, 0.3) is 0 Å². The van der Waals surface area contributed by atoms with Crippen molar-refractivity contribution in [3.63, 3.8) is 0 Å². The van der Waals surface area contributed by atoms with E-state index in [0.29, 0.717) is 0 Å². The minimum Gasteiger partial charge on any atom is -0.379 e. The Labute approximate surface area is 104 Å². The molecule has 0 amide bonds. The highest BCUT2D eigenvalue weighted by Gasteiger charge is 2.10. The Hall–Kier alpha value is -0.900. The van der Waals surface area contributed by atoms with Crippen molar-refractivity contribution in [3.8, 4) is 0 Å². The standard InChI is InChI=1S/C14H22N2O/c1-11-8-12(2)14(13(3)9-11)10-15-16-4-6-17-7-5-16/h8-9,15H,4-7,10H2,1-3H3. The van der Waals surface area contributed by atoms with E-state index in [0.717, 1.165) is 32.8 Å². The van der Waals surface area contributed by atoms with Crippen molar-refractivity contribution in [1.82, 2.24) is 10.4 Å². The molecular weight excluding hydrogens is 212 g/mol. The Morgan fingerprint density at radius 1 is 1.12 bits per heavy atom. The number of benzene rings is 1. The highest BCUT2D eigenvalue weighted by atomic mass is 16.5. The number of morpholine rings is 1. The summed E-state index contributed by atoms with van der Waals surface area (Å²) in [5.74, 6) is 0. The topological polar surface area (TPSA) is 24.5 Å². The lowest BCUT2D eigenvalue weighted by molar-refractivity contribution is 0.0105. The predicted molar refractivity (Wildman–Crippen MR) is 69.9 cm³/mol. The van der Waals surface area contributed by atoms with Gasteiger partial charge in [-0.3, -0.25) is 5.43 Å². The fraction of sp³-hybridized carbons (Fsp3) is 0.571. The van der Waals surface area contributed by atoms with Crippen molar-refractivity contribution >= 4 is 0 Å². The Morgan fingerprint density at radius 3 is 2.29 bits per heavy atom. The molecule has 0 aromatic heterocycles. The molecule has 0 bridgehead atoms. The van der Waals surface area contributed by atoms with Gasteiger partial charge in [0.15, 0.2) is 0 Å². The number of nitrogens with one attached hydrogen (secondary N) is 1. The van der Waals surface area contributed by atoms with Gasteiger partial charge in [-0.1, -0.05) is 17.7 Å². The molecule has 0 atom stereocenters. The molecule has 3 nitrogen and oxygen atoms in total. The molecular formula is C14H22N2O. The monoisotopic (exact) mass is 234 g/mol. The quantitative estimate of drug-likeness (QED) is 0.865. The third kappa shape index (κ3) is 3.28. The fourth-order valence-corrected chi connectivity index (χ4v) is 2.40. The molecule has 2 rings (SSSR count). The molecule has 1 fully saturated rings. The molecule has 0 saturated carbocycles. The van der Waals surface area contributed by atoms with Crippen LogP contribution in [0.5, 0.6) is 0 Å². The second-order valence-corrected chi connectivity index (χ2v) is 4.81. The summed E-state index contributed by atoms with van der Waals surface area (Å²) in [7, 11) is 0. The van der Waals surface area contributed by atoms with Crippen LogP contribution in [-0.2, 0) is 11.3 Å². The van der Waals surface area contributed by atoms with Crippen molar-refractivity contribution in [1.29, 1.82) is 0 Å². The second kappa shape index (κ2) is 5.63. The van der Waals surface area contributed by atoms with Crippen molar-refractivity contribution in [2.45, 2.75) is 27.3 Å². The summed E-state index contributed by atoms with van der Waals surface area (Å²) in [6.45, 7) is 11.1. The average Bonchev–Trinajstić information content (AvgIpc) is 2.29. The molecule has 3 heteroatoms. The SMILES string of the molecule is Cc1cc(C)c(CNN2CCOCC2)c(C)c1. The van der Waals surface area contributed by atoms with E-state index in [-0.39, 0.29) is 0 Å². The van der Waals surface area contributed by atoms with Gasteiger partial charge in [-0.25, -0.2) is 5.01 Å². The Kier molecular flexibility index (Phi) is 4.15. The number of hydrogen-bond donors (Lipinski definition) is 1. The largest absolute Gasteiger partial charge is 0.379 e. The summed E-state index contributed by atoms with van der Waals surface area (Å²) in [5.41, 5.74) is 9.01. The number of hydrogen-bond acceptors (Lipinski definition) is 3. The second-order valence-electron chi connectivity index (χ2n) is 4.81. The van der Waals surface area contributed by atoms with Crippen molar-refractivity contribution in [2.24, 2.45) is 0 Å². The zero-order chi connectivity index (χ0) is 12.3. The lowest BCUT2D eigenvalue weighted by Crippen LogP contribution is -2.45. The molecule has 1 N–H and O–H groups in total. The van der Waals surface area contributed by atoms with Crippen molar-refractivity contribution < 1.29 is 4.74 Å². The van der Waals surface area contributed by atoms with E-state index in [1.807, 2.05) is 0 Å². The number of aryl methyl sites for hydroxylation is 3. The summed E-state index contributed by atoms with van der Waals surface area (Å²) >= 11 is 0. The molecule has 0 spiro atoms. The van der Waals surface area contributed by atoms with E-state index in [9.17, 15) is 0 Å². The minimum atomic E-state index is 0.832. The average molecular weight is 234 g/mol. The summed E-state index contributed by atoms with van der Waals surface area (Å²) < 4.78 is 5.33. The van der Waals surface area contributed by atoms with E-state index >= 15 is 0 Å². The maximum atomic E-state index is 5.33. The first-order chi connectivity index (χ1) is 8.16. The van der Waals surface area contributed by atoms with E-state index < -0.39 is 0 Å². The highest BCUT2D eigenvalue weighted by Crippen LogP contribution is 2.16. The summed E-state index contributed by atoms with van der Waals surface area (Å²) in [5, 5.41) is 2.25. The van der Waals surface area contributed by atoms with Crippen LogP contribution in [0.15, 0.2) is 12.1 Å². The van der Waals surface area contributed by atoms with Crippen LogP contribution in [0, 0.1) is 20.8 Å². The Balaban J connectivity index is 1.98. The first-order valence-corrected chi connectivity index (χ1v) is 6.30. The minimum absolute atomic E-state index is 0.832. The predicted octanol–water partition coefficient (Wildman–Crippen LogP) is 1.95. The molecule has 1 aromatic rings. The van der Waals surface area contributed by atoms with E-state index in [2.05, 4.69) is 43.3 Å². The van der Waals surface area contributed by atoms with E-state index in [4.69, 9.17) is 4.74 Å². The van der Waals surface area contributed by atoms with Crippen LogP contribution in [-0.4, -0.2) is 31.3 Å². The highest BCUT2D eigenvalue weighted by molar-refractivity contribution is 5.37. The maximum absolute atomic E-state index is 5.33. The van der Waals surface area contributed by atoms with Crippen molar-refractivity contribution in [3.05, 3.63) is 34.4 Å².